The monoisotopic (exact) mass is 302 g/mol. The minimum atomic E-state index is -3.60. The highest BCUT2D eigenvalue weighted by atomic mass is 32.2. The summed E-state index contributed by atoms with van der Waals surface area (Å²) in [6.45, 7) is 2.72. The van der Waals surface area contributed by atoms with Gasteiger partial charge in [0.2, 0.25) is 10.0 Å². The molecule has 0 fully saturated rings. The van der Waals surface area contributed by atoms with Gasteiger partial charge in [-0.1, -0.05) is 0 Å². The Hall–Kier alpha value is -1.31. The summed E-state index contributed by atoms with van der Waals surface area (Å²) in [5.74, 6) is 0.899. The highest BCUT2D eigenvalue weighted by molar-refractivity contribution is 7.89. The van der Waals surface area contributed by atoms with Gasteiger partial charge < -0.3 is 14.4 Å². The minimum absolute atomic E-state index is 0.122. The first kappa shape index (κ1) is 16.7. The quantitative estimate of drug-likeness (QED) is 0.809. The van der Waals surface area contributed by atoms with Crippen LogP contribution in [0.15, 0.2) is 17.0 Å². The van der Waals surface area contributed by atoms with Crippen LogP contribution in [0.4, 0.5) is 0 Å². The van der Waals surface area contributed by atoms with E-state index in [1.165, 1.54) is 20.3 Å². The third kappa shape index (κ3) is 3.84. The largest absolute Gasteiger partial charge is 0.496 e. The van der Waals surface area contributed by atoms with Gasteiger partial charge in [-0.2, -0.15) is 0 Å². The van der Waals surface area contributed by atoms with Gasteiger partial charge in [0.15, 0.2) is 0 Å². The minimum Gasteiger partial charge on any atom is -0.496 e. The molecule has 0 atom stereocenters. The van der Waals surface area contributed by atoms with Gasteiger partial charge in [0, 0.05) is 18.7 Å². The van der Waals surface area contributed by atoms with Crippen LogP contribution < -0.4 is 14.2 Å². The fourth-order valence-corrected chi connectivity index (χ4v) is 3.06. The van der Waals surface area contributed by atoms with E-state index in [2.05, 4.69) is 4.72 Å². The molecular weight excluding hydrogens is 280 g/mol. The normalized spacial score (nSPS) is 11.7. The molecule has 0 spiro atoms. The van der Waals surface area contributed by atoms with Crippen molar-refractivity contribution in [3.8, 4) is 11.5 Å². The van der Waals surface area contributed by atoms with E-state index in [0.717, 1.165) is 0 Å². The molecule has 0 heterocycles. The first-order valence-electron chi connectivity index (χ1n) is 6.19. The molecule has 7 heteroatoms. The van der Waals surface area contributed by atoms with Crippen LogP contribution in [0.25, 0.3) is 0 Å². The molecular formula is C13H22N2O4S. The molecule has 0 aliphatic rings. The summed E-state index contributed by atoms with van der Waals surface area (Å²) in [6.07, 6.45) is 0. The number of sulfonamides is 1. The summed E-state index contributed by atoms with van der Waals surface area (Å²) in [7, 11) is 3.14. The van der Waals surface area contributed by atoms with Gasteiger partial charge in [-0.05, 0) is 33.2 Å². The number of methoxy groups -OCH3 is 2. The van der Waals surface area contributed by atoms with Gasteiger partial charge in [0.1, 0.15) is 16.4 Å². The van der Waals surface area contributed by atoms with Crippen molar-refractivity contribution in [1.29, 1.82) is 0 Å². The molecule has 114 valence electrons. The second-order valence-corrected chi connectivity index (χ2v) is 6.36. The van der Waals surface area contributed by atoms with Crippen LogP contribution in [0.5, 0.6) is 11.5 Å². The Morgan fingerprint density at radius 2 is 1.85 bits per heavy atom. The number of rotatable bonds is 7. The molecule has 1 aromatic rings. The molecule has 20 heavy (non-hydrogen) atoms. The van der Waals surface area contributed by atoms with Crippen molar-refractivity contribution in [1.82, 2.24) is 9.62 Å². The molecule has 1 N–H and O–H groups in total. The van der Waals surface area contributed by atoms with Gasteiger partial charge in [-0.15, -0.1) is 0 Å². The molecule has 0 unspecified atom stereocenters. The first-order chi connectivity index (χ1) is 9.33. The fourth-order valence-electron chi connectivity index (χ4n) is 1.82. The maximum absolute atomic E-state index is 12.3. The van der Waals surface area contributed by atoms with Crippen molar-refractivity contribution in [2.75, 3.05) is 41.4 Å². The van der Waals surface area contributed by atoms with E-state index in [9.17, 15) is 8.42 Å². The molecule has 1 aromatic carbocycles. The number of ether oxygens (including phenoxy) is 2. The predicted molar refractivity (Wildman–Crippen MR) is 78.0 cm³/mol. The summed E-state index contributed by atoms with van der Waals surface area (Å²) >= 11 is 0. The Morgan fingerprint density at radius 1 is 1.20 bits per heavy atom. The molecule has 0 saturated heterocycles. The highest BCUT2D eigenvalue weighted by Crippen LogP contribution is 2.33. The van der Waals surface area contributed by atoms with Crippen molar-refractivity contribution in [2.45, 2.75) is 11.8 Å². The molecule has 0 bridgehead atoms. The fraction of sp³-hybridized carbons (Fsp3) is 0.538. The van der Waals surface area contributed by atoms with Crippen molar-refractivity contribution < 1.29 is 17.9 Å². The van der Waals surface area contributed by atoms with E-state index in [1.807, 2.05) is 19.0 Å². The van der Waals surface area contributed by atoms with Crippen LogP contribution in [0.1, 0.15) is 5.56 Å². The van der Waals surface area contributed by atoms with Crippen LogP contribution in [-0.4, -0.2) is 54.7 Å². The zero-order chi connectivity index (χ0) is 15.3. The summed E-state index contributed by atoms with van der Waals surface area (Å²) in [4.78, 5) is 2.02. The Morgan fingerprint density at radius 3 is 2.35 bits per heavy atom. The van der Waals surface area contributed by atoms with Gasteiger partial charge >= 0.3 is 0 Å². The number of nitrogens with one attached hydrogen (secondary N) is 1. The molecule has 0 aromatic heterocycles. The molecule has 0 radical (unpaired) electrons. The number of likely N-dealkylation sites (N-methyl/N-ethyl adjacent to an activating group) is 1. The topological polar surface area (TPSA) is 67.9 Å². The van der Waals surface area contributed by atoms with Crippen LogP contribution >= 0.6 is 0 Å². The van der Waals surface area contributed by atoms with Gasteiger partial charge in [-0.25, -0.2) is 13.1 Å². The maximum Gasteiger partial charge on any atom is 0.244 e. The standard InChI is InChI=1S/C13H22N2O4S/c1-10-11(18-4)6-7-12(13(10)19-5)20(16,17)14-8-9-15(2)3/h6-7,14H,8-9H2,1-5H3. The molecule has 1 rings (SSSR count). The number of benzene rings is 1. The predicted octanol–water partition coefficient (Wildman–Crippen LogP) is 0.852. The lowest BCUT2D eigenvalue weighted by molar-refractivity contribution is 0.380. The van der Waals surface area contributed by atoms with E-state index in [1.54, 1.807) is 13.0 Å². The lowest BCUT2D eigenvalue weighted by Crippen LogP contribution is -2.31. The van der Waals surface area contributed by atoms with Crippen LogP contribution in [-0.2, 0) is 10.0 Å². The lowest BCUT2D eigenvalue weighted by Gasteiger charge is -2.16. The van der Waals surface area contributed by atoms with Gasteiger partial charge in [-0.3, -0.25) is 0 Å². The Bertz CT molecular complexity index is 556. The van der Waals surface area contributed by atoms with Crippen molar-refractivity contribution in [3.63, 3.8) is 0 Å². The summed E-state index contributed by atoms with van der Waals surface area (Å²) in [5.41, 5.74) is 0.658. The van der Waals surface area contributed by atoms with Crippen LogP contribution in [0.2, 0.25) is 0 Å². The third-order valence-electron chi connectivity index (χ3n) is 2.88. The van der Waals surface area contributed by atoms with E-state index in [4.69, 9.17) is 9.47 Å². The van der Waals surface area contributed by atoms with E-state index in [-0.39, 0.29) is 4.90 Å². The molecule has 0 aliphatic carbocycles. The molecule has 0 aliphatic heterocycles. The summed E-state index contributed by atoms with van der Waals surface area (Å²) in [5, 5.41) is 0. The molecule has 0 saturated carbocycles. The Labute approximate surface area is 120 Å². The van der Waals surface area contributed by atoms with Crippen molar-refractivity contribution in [3.05, 3.63) is 17.7 Å². The van der Waals surface area contributed by atoms with Gasteiger partial charge in [0.25, 0.3) is 0 Å². The molecule has 0 amide bonds. The summed E-state index contributed by atoms with van der Waals surface area (Å²) < 4.78 is 37.5. The van der Waals surface area contributed by atoms with Crippen LogP contribution in [0, 0.1) is 6.92 Å². The first-order valence-corrected chi connectivity index (χ1v) is 7.67. The molecule has 6 nitrogen and oxygen atoms in total. The lowest BCUT2D eigenvalue weighted by atomic mass is 10.2. The van der Waals surface area contributed by atoms with E-state index in [0.29, 0.717) is 30.2 Å². The zero-order valence-electron chi connectivity index (χ0n) is 12.6. The SMILES string of the molecule is COc1ccc(S(=O)(=O)NCCN(C)C)c(OC)c1C. The average Bonchev–Trinajstić information content (AvgIpc) is 2.37. The number of nitrogens with zero attached hydrogens (tertiary/aromatic N) is 1. The highest BCUT2D eigenvalue weighted by Gasteiger charge is 2.22. The number of hydrogen-bond acceptors (Lipinski definition) is 5. The second-order valence-electron chi connectivity index (χ2n) is 4.63. The Balaban J connectivity index is 3.09. The average molecular weight is 302 g/mol. The van der Waals surface area contributed by atoms with Crippen molar-refractivity contribution in [2.24, 2.45) is 0 Å². The Kier molecular flexibility index (Phi) is 5.79. The van der Waals surface area contributed by atoms with Crippen molar-refractivity contribution >= 4 is 10.0 Å². The smallest absolute Gasteiger partial charge is 0.244 e. The number of hydrogen-bond donors (Lipinski definition) is 1. The summed E-state index contributed by atoms with van der Waals surface area (Å²) in [6, 6.07) is 3.11. The third-order valence-corrected chi connectivity index (χ3v) is 4.37. The second kappa shape index (κ2) is 6.92. The van der Waals surface area contributed by atoms with Crippen LogP contribution in [0.3, 0.4) is 0 Å². The van der Waals surface area contributed by atoms with E-state index >= 15 is 0 Å². The van der Waals surface area contributed by atoms with Gasteiger partial charge in [0.05, 0.1) is 14.2 Å². The zero-order valence-corrected chi connectivity index (χ0v) is 13.4. The maximum atomic E-state index is 12.3. The van der Waals surface area contributed by atoms with E-state index < -0.39 is 10.0 Å².